The fraction of sp³-hybridized carbons (Fsp3) is 0.667. The molecule has 0 aromatic rings. The summed E-state index contributed by atoms with van der Waals surface area (Å²) in [7, 11) is 0. The highest BCUT2D eigenvalue weighted by atomic mass is 79.9. The third kappa shape index (κ3) is 43.5. The average molecular weight is 362 g/mol. The number of unbranched alkanes of at least 4 members (excludes halogenated alkanes) is 5. The van der Waals surface area contributed by atoms with Crippen LogP contribution < -0.4 is 18.5 Å². The zero-order valence-corrected chi connectivity index (χ0v) is 14.0. The number of aliphatic carboxylic acids is 2. The van der Waals surface area contributed by atoms with Gasteiger partial charge in [-0.3, -0.25) is 9.59 Å². The fourth-order valence-corrected chi connectivity index (χ4v) is 1.26. The number of halogens is 1. The Hall–Kier alpha value is -0.960. The zero-order chi connectivity index (χ0) is 12.8. The Bertz CT molecular complexity index is 187. The summed E-state index contributed by atoms with van der Waals surface area (Å²) in [5, 5.41) is 16.7. The smallest absolute Gasteiger partial charge is 0.303 e. The van der Waals surface area contributed by atoms with Gasteiger partial charge in [-0.2, -0.15) is 0 Å². The van der Waals surface area contributed by atoms with E-state index in [2.05, 4.69) is 13.2 Å². The molecule has 0 radical (unpaired) electrons. The molecule has 0 heterocycles. The number of rotatable bonds is 9. The van der Waals surface area contributed by atoms with Crippen LogP contribution in [0, 0.1) is 0 Å². The summed E-state index contributed by atoms with van der Waals surface area (Å²) in [4.78, 5) is 20.3. The maximum atomic E-state index is 10.1. The Morgan fingerprint density at radius 3 is 1.05 bits per heavy atom. The first-order chi connectivity index (χ1) is 7.63. The summed E-state index contributed by atoms with van der Waals surface area (Å²) < 4.78 is 0. The summed E-state index contributed by atoms with van der Waals surface area (Å²) in [6.07, 6.45) is 5.82. The normalized spacial score (nSPS) is 7.20. The van der Waals surface area contributed by atoms with Crippen LogP contribution in [0.5, 0.6) is 0 Å². The maximum absolute atomic E-state index is 10.1. The van der Waals surface area contributed by atoms with E-state index in [0.717, 1.165) is 38.5 Å². The Balaban J connectivity index is -0.0000000778. The summed E-state index contributed by atoms with van der Waals surface area (Å²) in [6, 6.07) is 0. The van der Waals surface area contributed by atoms with Crippen LogP contribution in [-0.2, 0) is 9.59 Å². The number of hydrogen-bond donors (Lipinski definition) is 5. The molecule has 11 N–H and O–H groups in total. The molecule has 0 saturated carbocycles. The van der Waals surface area contributed by atoms with Gasteiger partial charge in [0.2, 0.25) is 0 Å². The molecule has 0 aliphatic carbocycles. The summed E-state index contributed by atoms with van der Waals surface area (Å²) >= 11 is 0. The standard InChI is InChI=1S/C10H18O4.C2H4.BrH.3H3N/c11-9(12)7-5-3-1-2-4-6-8-10(13)14;1-2;;;;/h1-8H2,(H,11,12)(H,13,14);1-2H2;1H;3*1H3. The monoisotopic (exact) mass is 361 g/mol. The highest BCUT2D eigenvalue weighted by molar-refractivity contribution is 8.93. The largest absolute Gasteiger partial charge is 0.481 e. The quantitative estimate of drug-likeness (QED) is 0.302. The topological polar surface area (TPSA) is 180 Å². The van der Waals surface area contributed by atoms with Crippen molar-refractivity contribution < 1.29 is 19.8 Å². The first-order valence-corrected chi connectivity index (χ1v) is 5.56. The minimum Gasteiger partial charge on any atom is -0.481 e. The lowest BCUT2D eigenvalue weighted by molar-refractivity contribution is -0.138. The summed E-state index contributed by atoms with van der Waals surface area (Å²) in [6.45, 7) is 6.00. The molecular formula is C12H32BrN3O4. The lowest BCUT2D eigenvalue weighted by Crippen LogP contribution is -1.94. The maximum Gasteiger partial charge on any atom is 0.303 e. The van der Waals surface area contributed by atoms with Crippen molar-refractivity contribution in [3.63, 3.8) is 0 Å². The Morgan fingerprint density at radius 2 is 0.850 bits per heavy atom. The Labute approximate surface area is 132 Å². The van der Waals surface area contributed by atoms with Crippen molar-refractivity contribution in [1.29, 1.82) is 0 Å². The van der Waals surface area contributed by atoms with E-state index >= 15 is 0 Å². The van der Waals surface area contributed by atoms with Crippen LogP contribution in [0.3, 0.4) is 0 Å². The Kier molecular flexibility index (Phi) is 56.1. The van der Waals surface area contributed by atoms with E-state index < -0.39 is 11.9 Å². The number of carboxylic acids is 2. The Morgan fingerprint density at radius 1 is 0.650 bits per heavy atom. The number of hydrogen-bond acceptors (Lipinski definition) is 5. The van der Waals surface area contributed by atoms with Gasteiger partial charge in [0.1, 0.15) is 0 Å². The van der Waals surface area contributed by atoms with Crippen LogP contribution >= 0.6 is 17.0 Å². The third-order valence-electron chi connectivity index (χ3n) is 2.03. The van der Waals surface area contributed by atoms with E-state index in [0.29, 0.717) is 0 Å². The molecule has 0 spiro atoms. The van der Waals surface area contributed by atoms with Crippen molar-refractivity contribution in [1.82, 2.24) is 18.5 Å². The van der Waals surface area contributed by atoms with E-state index in [9.17, 15) is 9.59 Å². The van der Waals surface area contributed by atoms with Crippen molar-refractivity contribution >= 4 is 28.9 Å². The second kappa shape index (κ2) is 30.8. The third-order valence-corrected chi connectivity index (χ3v) is 2.03. The SMILES string of the molecule is Br.C=C.N.N.N.O=C(O)CCCCCCCCC(=O)O. The predicted molar refractivity (Wildman–Crippen MR) is 88.8 cm³/mol. The lowest BCUT2D eigenvalue weighted by atomic mass is 10.1. The van der Waals surface area contributed by atoms with Gasteiger partial charge in [-0.25, -0.2) is 0 Å². The molecule has 0 saturated heterocycles. The van der Waals surface area contributed by atoms with Crippen molar-refractivity contribution in [2.24, 2.45) is 0 Å². The highest BCUT2D eigenvalue weighted by Crippen LogP contribution is 2.08. The van der Waals surface area contributed by atoms with Gasteiger partial charge in [0, 0.05) is 12.8 Å². The molecule has 126 valence electrons. The fourth-order valence-electron chi connectivity index (χ4n) is 1.26. The molecule has 0 aromatic carbocycles. The predicted octanol–water partition coefficient (Wildman–Crippen LogP) is 4.14. The van der Waals surface area contributed by atoms with Gasteiger partial charge in [0.05, 0.1) is 0 Å². The van der Waals surface area contributed by atoms with E-state index in [1.54, 1.807) is 0 Å². The van der Waals surface area contributed by atoms with E-state index in [4.69, 9.17) is 10.2 Å². The summed E-state index contributed by atoms with van der Waals surface area (Å²) in [5.74, 6) is -1.48. The van der Waals surface area contributed by atoms with Crippen LogP contribution in [0.25, 0.3) is 0 Å². The van der Waals surface area contributed by atoms with Crippen molar-refractivity contribution in [2.45, 2.75) is 51.4 Å². The van der Waals surface area contributed by atoms with E-state index in [1.807, 2.05) is 0 Å². The van der Waals surface area contributed by atoms with Gasteiger partial charge in [-0.15, -0.1) is 30.1 Å². The molecule has 0 aliphatic heterocycles. The van der Waals surface area contributed by atoms with Crippen LogP contribution in [0.1, 0.15) is 51.4 Å². The summed E-state index contributed by atoms with van der Waals surface area (Å²) in [5.41, 5.74) is 0. The first-order valence-electron chi connectivity index (χ1n) is 5.56. The van der Waals surface area contributed by atoms with Gasteiger partial charge in [-0.05, 0) is 12.8 Å². The van der Waals surface area contributed by atoms with Crippen molar-refractivity contribution in [2.75, 3.05) is 0 Å². The molecule has 0 amide bonds. The van der Waals surface area contributed by atoms with Crippen LogP contribution in [0.2, 0.25) is 0 Å². The number of carbonyl (C=O) groups is 2. The van der Waals surface area contributed by atoms with E-state index in [-0.39, 0.29) is 48.3 Å². The molecule has 8 heteroatoms. The molecule has 0 bridgehead atoms. The average Bonchev–Trinajstić information content (AvgIpc) is 2.24. The lowest BCUT2D eigenvalue weighted by Gasteiger charge is -1.98. The van der Waals surface area contributed by atoms with Crippen LogP contribution in [0.15, 0.2) is 13.2 Å². The minimum absolute atomic E-state index is 0. The molecule has 0 aromatic heterocycles. The van der Waals surface area contributed by atoms with Crippen molar-refractivity contribution in [3.05, 3.63) is 13.2 Å². The number of carboxylic acid groups (broad SMARTS) is 2. The van der Waals surface area contributed by atoms with Gasteiger partial charge in [-0.1, -0.05) is 25.7 Å². The molecule has 0 rings (SSSR count). The first kappa shape index (κ1) is 36.4. The second-order valence-electron chi connectivity index (χ2n) is 3.41. The molecule has 0 aliphatic rings. The molecule has 0 fully saturated rings. The molecule has 0 atom stereocenters. The van der Waals surface area contributed by atoms with Crippen LogP contribution in [0.4, 0.5) is 0 Å². The van der Waals surface area contributed by atoms with E-state index in [1.165, 1.54) is 0 Å². The van der Waals surface area contributed by atoms with Crippen LogP contribution in [-0.4, -0.2) is 22.2 Å². The second-order valence-corrected chi connectivity index (χ2v) is 3.41. The zero-order valence-electron chi connectivity index (χ0n) is 12.3. The molecular weight excluding hydrogens is 330 g/mol. The van der Waals surface area contributed by atoms with Gasteiger partial charge in [0.15, 0.2) is 0 Å². The van der Waals surface area contributed by atoms with Gasteiger partial charge < -0.3 is 28.7 Å². The minimum atomic E-state index is -0.740. The van der Waals surface area contributed by atoms with Gasteiger partial charge in [0.25, 0.3) is 0 Å². The van der Waals surface area contributed by atoms with Gasteiger partial charge >= 0.3 is 11.9 Å². The molecule has 7 nitrogen and oxygen atoms in total. The molecule has 20 heavy (non-hydrogen) atoms. The highest BCUT2D eigenvalue weighted by Gasteiger charge is 1.98. The molecule has 0 unspecified atom stereocenters. The van der Waals surface area contributed by atoms with Crippen molar-refractivity contribution in [3.8, 4) is 0 Å².